The Labute approximate surface area is 248 Å². The molecule has 10 nitrogen and oxygen atoms in total. The fraction of sp³-hybridized carbons (Fsp3) is 0.273. The number of amides is 1. The maximum absolute atomic E-state index is 13.0. The van der Waals surface area contributed by atoms with Gasteiger partial charge in [-0.3, -0.25) is 14.6 Å². The summed E-state index contributed by atoms with van der Waals surface area (Å²) < 4.78 is 0.408. The first-order chi connectivity index (χ1) is 20.8. The lowest BCUT2D eigenvalue weighted by molar-refractivity contribution is -0.140. The lowest BCUT2D eigenvalue weighted by atomic mass is 9.91. The summed E-state index contributed by atoms with van der Waals surface area (Å²) in [4.78, 5) is 50.0. The number of nitrogens with one attached hydrogen (secondary N) is 1. The Hall–Kier alpha value is -4.96. The van der Waals surface area contributed by atoms with E-state index < -0.39 is 23.9 Å². The topological polar surface area (TPSA) is 142 Å². The molecule has 10 heteroatoms. The number of aromatic nitrogens is 2. The van der Waals surface area contributed by atoms with Crippen LogP contribution in [0.5, 0.6) is 0 Å². The van der Waals surface area contributed by atoms with Crippen LogP contribution in [0.1, 0.15) is 55.3 Å². The summed E-state index contributed by atoms with van der Waals surface area (Å²) in [5, 5.41) is 20.9. The normalized spacial score (nSPS) is 18.7. The van der Waals surface area contributed by atoms with Gasteiger partial charge in [-0.25, -0.2) is 14.3 Å². The van der Waals surface area contributed by atoms with Crippen molar-refractivity contribution in [2.45, 2.75) is 57.0 Å². The van der Waals surface area contributed by atoms with Crippen molar-refractivity contribution in [3.63, 3.8) is 0 Å². The van der Waals surface area contributed by atoms with Gasteiger partial charge in [-0.2, -0.15) is 4.99 Å². The van der Waals surface area contributed by atoms with Crippen molar-refractivity contribution < 1.29 is 24.6 Å². The third-order valence-electron chi connectivity index (χ3n) is 8.44. The van der Waals surface area contributed by atoms with Crippen LogP contribution in [0.4, 0.5) is 17.1 Å². The second-order valence-electron chi connectivity index (χ2n) is 11.1. The SMILES string of the molecule is O=C(O)CCC(NC(=O)c1ccc2c(c1)N=C[N+]2(c1ccc2nc(-c3ccccc3)cnc2c1)C1CCCCC1)C(=O)O. The van der Waals surface area contributed by atoms with E-state index in [4.69, 9.17) is 20.1 Å². The van der Waals surface area contributed by atoms with Crippen molar-refractivity contribution in [3.8, 4) is 11.3 Å². The number of hydrogen-bond acceptors (Lipinski definition) is 6. The molecule has 1 aromatic heterocycles. The second-order valence-corrected chi connectivity index (χ2v) is 11.1. The third-order valence-corrected chi connectivity index (χ3v) is 8.44. The summed E-state index contributed by atoms with van der Waals surface area (Å²) >= 11 is 0. The molecule has 3 N–H and O–H groups in total. The zero-order valence-corrected chi connectivity index (χ0v) is 23.5. The fourth-order valence-corrected chi connectivity index (χ4v) is 6.24. The van der Waals surface area contributed by atoms with Crippen molar-refractivity contribution in [2.24, 2.45) is 4.99 Å². The Morgan fingerprint density at radius 1 is 0.930 bits per heavy atom. The average molecular weight is 579 g/mol. The van der Waals surface area contributed by atoms with Crippen LogP contribution in [0.2, 0.25) is 0 Å². The monoisotopic (exact) mass is 578 g/mol. The van der Waals surface area contributed by atoms with Gasteiger partial charge in [0.05, 0.1) is 22.9 Å². The van der Waals surface area contributed by atoms with Crippen LogP contribution >= 0.6 is 0 Å². The molecular weight excluding hydrogens is 546 g/mol. The maximum Gasteiger partial charge on any atom is 0.326 e. The van der Waals surface area contributed by atoms with Crippen molar-refractivity contribution in [3.05, 3.63) is 78.5 Å². The molecule has 1 saturated carbocycles. The lowest BCUT2D eigenvalue weighted by Crippen LogP contribution is -2.51. The second kappa shape index (κ2) is 11.7. The highest BCUT2D eigenvalue weighted by Crippen LogP contribution is 2.49. The molecule has 2 unspecified atom stereocenters. The number of nitrogens with zero attached hydrogens (tertiary/aromatic N) is 4. The Morgan fingerprint density at radius 3 is 2.47 bits per heavy atom. The molecule has 218 valence electrons. The van der Waals surface area contributed by atoms with Gasteiger partial charge in [-0.1, -0.05) is 36.8 Å². The van der Waals surface area contributed by atoms with E-state index in [0.717, 1.165) is 59.3 Å². The van der Waals surface area contributed by atoms with Crippen molar-refractivity contribution in [1.29, 1.82) is 0 Å². The molecule has 2 aliphatic rings. The summed E-state index contributed by atoms with van der Waals surface area (Å²) in [6.07, 6.45) is 8.65. The summed E-state index contributed by atoms with van der Waals surface area (Å²) in [6, 6.07) is 20.3. The number of aliphatic carboxylic acids is 2. The molecule has 0 saturated heterocycles. The first kappa shape index (κ1) is 28.2. The Bertz CT molecular complexity index is 1730. The van der Waals surface area contributed by atoms with Gasteiger partial charge in [0.15, 0.2) is 5.69 Å². The third kappa shape index (κ3) is 5.49. The summed E-state index contributed by atoms with van der Waals surface area (Å²) in [7, 11) is 0. The Morgan fingerprint density at radius 2 is 1.72 bits per heavy atom. The number of benzene rings is 3. The number of quaternary nitrogens is 1. The zero-order chi connectivity index (χ0) is 30.0. The number of hydrogen-bond donors (Lipinski definition) is 3. The van der Waals surface area contributed by atoms with Crippen LogP contribution in [0.15, 0.2) is 77.9 Å². The number of carboxylic acids is 2. The highest BCUT2D eigenvalue weighted by atomic mass is 16.4. The summed E-state index contributed by atoms with van der Waals surface area (Å²) in [5.74, 6) is -2.99. The van der Waals surface area contributed by atoms with E-state index in [0.29, 0.717) is 10.2 Å². The molecule has 0 spiro atoms. The smallest absolute Gasteiger partial charge is 0.326 e. The quantitative estimate of drug-likeness (QED) is 0.207. The molecule has 6 rings (SSSR count). The van der Waals surface area contributed by atoms with Crippen molar-refractivity contribution in [1.82, 2.24) is 19.8 Å². The van der Waals surface area contributed by atoms with Crippen LogP contribution in [0, 0.1) is 0 Å². The molecular formula is C33H32N5O5+. The van der Waals surface area contributed by atoms with Gasteiger partial charge in [0.2, 0.25) is 6.34 Å². The number of carbonyl (C=O) groups excluding carboxylic acids is 1. The van der Waals surface area contributed by atoms with Crippen LogP contribution in [0.3, 0.4) is 0 Å². The van der Waals surface area contributed by atoms with Gasteiger partial charge < -0.3 is 15.5 Å². The number of carbonyl (C=O) groups is 3. The standard InChI is InChI=1S/C33H31N5O5/c39-31(40)16-14-26(33(42)43)37-32(41)22-11-15-30-28(17-22)35-20-38(30,23-9-5-2-6-10-23)24-12-13-25-27(18-24)34-19-29(36-25)21-7-3-1-4-8-21/h1,3-4,7-8,11-13,15,17-20,23,26H,2,5-6,9-10,14,16H2,(H2-,37,39,40,41,42,43)/p+1. The molecule has 43 heavy (non-hydrogen) atoms. The minimum Gasteiger partial charge on any atom is -0.481 e. The first-order valence-electron chi connectivity index (χ1n) is 14.5. The highest BCUT2D eigenvalue weighted by molar-refractivity contribution is 6.02. The van der Waals surface area contributed by atoms with E-state index >= 15 is 0 Å². The predicted molar refractivity (Wildman–Crippen MR) is 164 cm³/mol. The van der Waals surface area contributed by atoms with E-state index in [1.54, 1.807) is 18.3 Å². The number of fused-ring (bicyclic) bond motifs is 2. The van der Waals surface area contributed by atoms with Gasteiger partial charge in [0.1, 0.15) is 23.5 Å². The first-order valence-corrected chi connectivity index (χ1v) is 14.5. The molecule has 2 heterocycles. The maximum atomic E-state index is 13.0. The van der Waals surface area contributed by atoms with E-state index in [9.17, 15) is 19.5 Å². The van der Waals surface area contributed by atoms with Crippen LogP contribution in [-0.4, -0.2) is 56.4 Å². The molecule has 2 atom stereocenters. The fourth-order valence-electron chi connectivity index (χ4n) is 6.24. The number of aliphatic imine (C=N–C) groups is 1. The molecule has 0 bridgehead atoms. The van der Waals surface area contributed by atoms with Gasteiger partial charge in [-0.15, -0.1) is 0 Å². The van der Waals surface area contributed by atoms with Gasteiger partial charge in [0.25, 0.3) is 5.91 Å². The van der Waals surface area contributed by atoms with E-state index in [2.05, 4.69) is 17.4 Å². The highest BCUT2D eigenvalue weighted by Gasteiger charge is 2.46. The van der Waals surface area contributed by atoms with E-state index in [-0.39, 0.29) is 24.4 Å². The lowest BCUT2D eigenvalue weighted by Gasteiger charge is -2.40. The zero-order valence-electron chi connectivity index (χ0n) is 23.5. The molecule has 3 aromatic carbocycles. The van der Waals surface area contributed by atoms with Gasteiger partial charge >= 0.3 is 11.9 Å². The number of rotatable bonds is 9. The van der Waals surface area contributed by atoms with Crippen LogP contribution < -0.4 is 9.80 Å². The predicted octanol–water partition coefficient (Wildman–Crippen LogP) is 5.99. The summed E-state index contributed by atoms with van der Waals surface area (Å²) in [5.41, 5.74) is 6.25. The molecule has 4 aromatic rings. The average Bonchev–Trinajstić information content (AvgIpc) is 3.43. The molecule has 1 fully saturated rings. The molecule has 1 amide bonds. The van der Waals surface area contributed by atoms with Crippen LogP contribution in [-0.2, 0) is 9.59 Å². The van der Waals surface area contributed by atoms with Crippen LogP contribution in [0.25, 0.3) is 22.3 Å². The van der Waals surface area contributed by atoms with Crippen molar-refractivity contribution in [2.75, 3.05) is 0 Å². The molecule has 1 aliphatic heterocycles. The van der Waals surface area contributed by atoms with E-state index in [1.165, 1.54) is 6.42 Å². The summed E-state index contributed by atoms with van der Waals surface area (Å²) in [6.45, 7) is 0. The minimum absolute atomic E-state index is 0.209. The van der Waals surface area contributed by atoms with Crippen molar-refractivity contribution >= 4 is 52.3 Å². The van der Waals surface area contributed by atoms with Gasteiger partial charge in [-0.05, 0) is 37.5 Å². The largest absolute Gasteiger partial charge is 0.481 e. The van der Waals surface area contributed by atoms with Gasteiger partial charge in [0, 0.05) is 48.6 Å². The Balaban J connectivity index is 1.35. The molecule has 1 aliphatic carbocycles. The van der Waals surface area contributed by atoms with E-state index in [1.807, 2.05) is 48.8 Å². The number of carboxylic acid groups (broad SMARTS) is 2. The Kier molecular flexibility index (Phi) is 7.69. The minimum atomic E-state index is -1.31. The molecule has 0 radical (unpaired) electrons.